The number of nitrogens with one attached hydrogen (secondary N) is 1. The van der Waals surface area contributed by atoms with E-state index >= 15 is 0 Å². The van der Waals surface area contributed by atoms with Crippen molar-refractivity contribution in [3.63, 3.8) is 0 Å². The largest absolute Gasteiger partial charge is 0.361 e. The lowest BCUT2D eigenvalue weighted by molar-refractivity contribution is -0.120. The van der Waals surface area contributed by atoms with Crippen molar-refractivity contribution >= 4 is 5.91 Å². The molecule has 26 heavy (non-hydrogen) atoms. The van der Waals surface area contributed by atoms with Gasteiger partial charge in [0.1, 0.15) is 5.76 Å². The van der Waals surface area contributed by atoms with Crippen molar-refractivity contribution in [2.75, 3.05) is 6.54 Å². The van der Waals surface area contributed by atoms with E-state index in [-0.39, 0.29) is 5.91 Å². The van der Waals surface area contributed by atoms with Crippen molar-refractivity contribution in [2.45, 2.75) is 40.0 Å². The summed E-state index contributed by atoms with van der Waals surface area (Å²) in [6, 6.07) is 10.1. The van der Waals surface area contributed by atoms with E-state index in [2.05, 4.69) is 21.8 Å². The molecule has 0 atom stereocenters. The summed E-state index contributed by atoms with van der Waals surface area (Å²) >= 11 is 0. The summed E-state index contributed by atoms with van der Waals surface area (Å²) in [5.41, 5.74) is 4.93. The predicted molar refractivity (Wildman–Crippen MR) is 99.3 cm³/mol. The minimum Gasteiger partial charge on any atom is -0.361 e. The van der Waals surface area contributed by atoms with E-state index in [1.54, 1.807) is 0 Å². The highest BCUT2D eigenvalue weighted by Crippen LogP contribution is 2.14. The average molecular weight is 352 g/mol. The van der Waals surface area contributed by atoms with Crippen LogP contribution in [-0.4, -0.2) is 27.4 Å². The Kier molecular flexibility index (Phi) is 5.51. The van der Waals surface area contributed by atoms with Gasteiger partial charge in [-0.15, -0.1) is 0 Å². The third-order valence-electron chi connectivity index (χ3n) is 4.48. The molecule has 136 valence electrons. The first-order chi connectivity index (χ1) is 12.5. The number of benzene rings is 1. The number of hydrogen-bond donors (Lipinski definition) is 1. The molecule has 2 heterocycles. The number of carbonyl (C=O) groups is 1. The summed E-state index contributed by atoms with van der Waals surface area (Å²) in [6.45, 7) is 6.34. The number of amides is 1. The molecule has 0 spiro atoms. The standard InChI is InChI=1S/C20H24N4O2/c1-14-17(13-24(22-14)18-9-5-4-6-10-18)8-7-11-21-20(25)12-19-15(2)23-26-16(19)3/h4-6,9-10,13H,7-8,11-12H2,1-3H3,(H,21,25). The molecule has 1 amide bonds. The Morgan fingerprint density at radius 3 is 2.62 bits per heavy atom. The van der Waals surface area contributed by atoms with E-state index in [4.69, 9.17) is 4.52 Å². The molecule has 0 unspecified atom stereocenters. The van der Waals surface area contributed by atoms with Gasteiger partial charge in [0.15, 0.2) is 0 Å². The van der Waals surface area contributed by atoms with Crippen molar-refractivity contribution in [2.24, 2.45) is 0 Å². The molecule has 0 aliphatic heterocycles. The normalized spacial score (nSPS) is 10.9. The van der Waals surface area contributed by atoms with Gasteiger partial charge in [-0.3, -0.25) is 4.79 Å². The second kappa shape index (κ2) is 7.99. The number of rotatable bonds is 7. The summed E-state index contributed by atoms with van der Waals surface area (Å²) in [4.78, 5) is 12.1. The quantitative estimate of drug-likeness (QED) is 0.663. The number of hydrogen-bond acceptors (Lipinski definition) is 4. The molecule has 2 aromatic heterocycles. The lowest BCUT2D eigenvalue weighted by atomic mass is 10.1. The van der Waals surface area contributed by atoms with Gasteiger partial charge in [-0.25, -0.2) is 4.68 Å². The SMILES string of the molecule is Cc1nn(-c2ccccc2)cc1CCCNC(=O)Cc1c(C)noc1C. The molecule has 3 aromatic rings. The van der Waals surface area contributed by atoms with E-state index in [1.165, 1.54) is 5.56 Å². The van der Waals surface area contributed by atoms with Crippen molar-refractivity contribution in [3.05, 3.63) is 64.8 Å². The first-order valence-electron chi connectivity index (χ1n) is 8.83. The fourth-order valence-corrected chi connectivity index (χ4v) is 2.94. The summed E-state index contributed by atoms with van der Waals surface area (Å²) in [6.07, 6.45) is 4.13. The molecule has 0 aliphatic rings. The molecule has 0 fully saturated rings. The molecular weight excluding hydrogens is 328 g/mol. The van der Waals surface area contributed by atoms with Crippen LogP contribution in [0.25, 0.3) is 5.69 Å². The van der Waals surface area contributed by atoms with Gasteiger partial charge in [0, 0.05) is 18.3 Å². The van der Waals surface area contributed by atoms with Gasteiger partial charge < -0.3 is 9.84 Å². The Labute approximate surface area is 153 Å². The van der Waals surface area contributed by atoms with Crippen LogP contribution in [-0.2, 0) is 17.6 Å². The highest BCUT2D eigenvalue weighted by molar-refractivity contribution is 5.78. The van der Waals surface area contributed by atoms with E-state index in [0.717, 1.165) is 35.5 Å². The lowest BCUT2D eigenvalue weighted by Crippen LogP contribution is -2.26. The maximum atomic E-state index is 12.1. The smallest absolute Gasteiger partial charge is 0.224 e. The lowest BCUT2D eigenvalue weighted by Gasteiger charge is -2.05. The number of aryl methyl sites for hydroxylation is 4. The Balaban J connectivity index is 1.48. The molecule has 3 rings (SSSR count). The van der Waals surface area contributed by atoms with E-state index in [1.807, 2.05) is 55.8 Å². The molecule has 0 aliphatic carbocycles. The van der Waals surface area contributed by atoms with Crippen molar-refractivity contribution < 1.29 is 9.32 Å². The highest BCUT2D eigenvalue weighted by atomic mass is 16.5. The second-order valence-corrected chi connectivity index (χ2v) is 6.45. The first kappa shape index (κ1) is 17.9. The van der Waals surface area contributed by atoms with Crippen molar-refractivity contribution in [1.82, 2.24) is 20.3 Å². The number of aromatic nitrogens is 3. The molecule has 1 N–H and O–H groups in total. The van der Waals surface area contributed by atoms with Crippen molar-refractivity contribution in [1.29, 1.82) is 0 Å². The summed E-state index contributed by atoms with van der Waals surface area (Å²) in [7, 11) is 0. The van der Waals surface area contributed by atoms with Crippen LogP contribution in [0.3, 0.4) is 0 Å². The van der Waals surface area contributed by atoms with E-state index in [0.29, 0.717) is 18.7 Å². The topological polar surface area (TPSA) is 73.0 Å². The Bertz CT molecular complexity index is 861. The third kappa shape index (κ3) is 4.20. The van der Waals surface area contributed by atoms with Crippen LogP contribution in [0.5, 0.6) is 0 Å². The fourth-order valence-electron chi connectivity index (χ4n) is 2.94. The molecular formula is C20H24N4O2. The molecule has 1 aromatic carbocycles. The monoisotopic (exact) mass is 352 g/mol. The number of para-hydroxylation sites is 1. The Morgan fingerprint density at radius 1 is 1.15 bits per heavy atom. The van der Waals surface area contributed by atoms with Gasteiger partial charge in [-0.05, 0) is 51.3 Å². The molecule has 0 saturated heterocycles. The third-order valence-corrected chi connectivity index (χ3v) is 4.48. The van der Waals surface area contributed by atoms with E-state index < -0.39 is 0 Å². The molecule has 6 heteroatoms. The molecule has 0 bridgehead atoms. The Hall–Kier alpha value is -2.89. The van der Waals surface area contributed by atoms with Gasteiger partial charge in [0.05, 0.1) is 23.5 Å². The minimum atomic E-state index is -0.00361. The van der Waals surface area contributed by atoms with Gasteiger partial charge in [0.2, 0.25) is 5.91 Å². The van der Waals surface area contributed by atoms with Gasteiger partial charge in [-0.1, -0.05) is 23.4 Å². The van der Waals surface area contributed by atoms with Gasteiger partial charge in [0.25, 0.3) is 0 Å². The summed E-state index contributed by atoms with van der Waals surface area (Å²) in [5.74, 6) is 0.706. The maximum Gasteiger partial charge on any atom is 0.224 e. The zero-order valence-corrected chi connectivity index (χ0v) is 15.5. The zero-order chi connectivity index (χ0) is 18.5. The van der Waals surface area contributed by atoms with Crippen LogP contribution in [0.15, 0.2) is 41.1 Å². The first-order valence-corrected chi connectivity index (χ1v) is 8.83. The predicted octanol–water partition coefficient (Wildman–Crippen LogP) is 3.08. The highest BCUT2D eigenvalue weighted by Gasteiger charge is 2.13. The zero-order valence-electron chi connectivity index (χ0n) is 15.5. The second-order valence-electron chi connectivity index (χ2n) is 6.45. The van der Waals surface area contributed by atoms with E-state index in [9.17, 15) is 4.79 Å². The van der Waals surface area contributed by atoms with Crippen LogP contribution in [0.1, 0.15) is 34.7 Å². The van der Waals surface area contributed by atoms with Crippen molar-refractivity contribution in [3.8, 4) is 5.69 Å². The van der Waals surface area contributed by atoms with Crippen LogP contribution in [0, 0.1) is 20.8 Å². The minimum absolute atomic E-state index is 0.00361. The van der Waals surface area contributed by atoms with Crippen LogP contribution in [0.2, 0.25) is 0 Å². The van der Waals surface area contributed by atoms with Crippen LogP contribution < -0.4 is 5.32 Å². The fraction of sp³-hybridized carbons (Fsp3) is 0.350. The molecule has 0 radical (unpaired) electrons. The van der Waals surface area contributed by atoms with Crippen LogP contribution >= 0.6 is 0 Å². The Morgan fingerprint density at radius 2 is 1.92 bits per heavy atom. The maximum absolute atomic E-state index is 12.1. The number of carbonyl (C=O) groups excluding carboxylic acids is 1. The van der Waals surface area contributed by atoms with Gasteiger partial charge in [-0.2, -0.15) is 5.10 Å². The summed E-state index contributed by atoms with van der Waals surface area (Å²) < 4.78 is 7.00. The average Bonchev–Trinajstić information content (AvgIpc) is 3.16. The molecule has 6 nitrogen and oxygen atoms in total. The van der Waals surface area contributed by atoms with Gasteiger partial charge >= 0.3 is 0 Å². The number of nitrogens with zero attached hydrogens (tertiary/aromatic N) is 3. The van der Waals surface area contributed by atoms with Crippen LogP contribution in [0.4, 0.5) is 0 Å². The molecule has 0 saturated carbocycles. The summed E-state index contributed by atoms with van der Waals surface area (Å²) in [5, 5.41) is 11.4.